The first-order valence-electron chi connectivity index (χ1n) is 5.04. The Morgan fingerprint density at radius 3 is 2.65 bits per heavy atom. The Bertz CT molecular complexity index is 458. The van der Waals surface area contributed by atoms with Gasteiger partial charge in [0.15, 0.2) is 5.84 Å². The van der Waals surface area contributed by atoms with Gasteiger partial charge in [-0.15, -0.1) is 0 Å². The first-order valence-corrected chi connectivity index (χ1v) is 5.41. The van der Waals surface area contributed by atoms with E-state index in [1.54, 1.807) is 26.0 Å². The number of hydrogen-bond acceptors (Lipinski definition) is 3. The fourth-order valence-corrected chi connectivity index (χ4v) is 1.34. The lowest BCUT2D eigenvalue weighted by Crippen LogP contribution is -2.18. The van der Waals surface area contributed by atoms with Gasteiger partial charge in [0.2, 0.25) is 5.91 Å². The minimum atomic E-state index is -0.130. The van der Waals surface area contributed by atoms with Gasteiger partial charge < -0.3 is 16.3 Å². The molecule has 0 unspecified atom stereocenters. The van der Waals surface area contributed by atoms with E-state index in [9.17, 15) is 4.79 Å². The van der Waals surface area contributed by atoms with Crippen LogP contribution in [0.25, 0.3) is 0 Å². The minimum absolute atomic E-state index is 0.0337. The number of amides is 1. The molecule has 0 saturated carbocycles. The third kappa shape index (κ3) is 3.35. The number of carbonyl (C=O) groups is 1. The molecule has 1 amide bonds. The van der Waals surface area contributed by atoms with Crippen LogP contribution in [0.2, 0.25) is 5.02 Å². The van der Waals surface area contributed by atoms with Crippen molar-refractivity contribution >= 4 is 29.0 Å². The monoisotopic (exact) mass is 255 g/mol. The number of nitrogens with zero attached hydrogens (tertiary/aromatic N) is 1. The molecular formula is C11H14ClN3O2. The van der Waals surface area contributed by atoms with Crippen LogP contribution in [0.15, 0.2) is 23.4 Å². The second kappa shape index (κ2) is 5.54. The molecule has 0 heterocycles. The summed E-state index contributed by atoms with van der Waals surface area (Å²) in [6, 6.07) is 4.74. The summed E-state index contributed by atoms with van der Waals surface area (Å²) in [5, 5.41) is 14.4. The average molecular weight is 256 g/mol. The molecular weight excluding hydrogens is 242 g/mol. The molecule has 4 N–H and O–H groups in total. The fraction of sp³-hybridized carbons (Fsp3) is 0.273. The van der Waals surface area contributed by atoms with Crippen molar-refractivity contribution in [2.24, 2.45) is 16.8 Å². The molecule has 0 saturated heterocycles. The topological polar surface area (TPSA) is 87.7 Å². The first-order chi connectivity index (χ1) is 7.95. The minimum Gasteiger partial charge on any atom is -0.409 e. The molecule has 1 aromatic carbocycles. The maximum absolute atomic E-state index is 11.5. The molecule has 0 atom stereocenters. The van der Waals surface area contributed by atoms with E-state index in [2.05, 4.69) is 10.5 Å². The number of oxime groups is 1. The second-order valence-electron chi connectivity index (χ2n) is 3.82. The van der Waals surface area contributed by atoms with Crippen molar-refractivity contribution in [3.8, 4) is 0 Å². The van der Waals surface area contributed by atoms with Crippen molar-refractivity contribution in [3.63, 3.8) is 0 Å². The number of rotatable bonds is 3. The SMILES string of the molecule is CC(C)C(=O)Nc1ccc(/C(N)=N/O)cc1Cl. The van der Waals surface area contributed by atoms with Gasteiger partial charge in [-0.05, 0) is 18.2 Å². The van der Waals surface area contributed by atoms with Crippen molar-refractivity contribution in [3.05, 3.63) is 28.8 Å². The second-order valence-corrected chi connectivity index (χ2v) is 4.23. The first kappa shape index (κ1) is 13.3. The third-order valence-corrected chi connectivity index (χ3v) is 2.47. The van der Waals surface area contributed by atoms with Gasteiger partial charge in [0.05, 0.1) is 10.7 Å². The number of amidine groups is 1. The molecule has 0 aliphatic carbocycles. The van der Waals surface area contributed by atoms with E-state index in [0.29, 0.717) is 16.3 Å². The molecule has 5 nitrogen and oxygen atoms in total. The lowest BCUT2D eigenvalue weighted by atomic mass is 10.1. The van der Waals surface area contributed by atoms with Crippen LogP contribution in [0.3, 0.4) is 0 Å². The quantitative estimate of drug-likeness (QED) is 0.334. The standard InChI is InChI=1S/C11H14ClN3O2/c1-6(2)11(16)14-9-4-3-7(5-8(9)12)10(13)15-17/h3-6,17H,1-2H3,(H2,13,15)(H,14,16). The Labute approximate surface area is 104 Å². The number of benzene rings is 1. The summed E-state index contributed by atoms with van der Waals surface area (Å²) in [5.41, 5.74) is 6.40. The molecule has 0 fully saturated rings. The van der Waals surface area contributed by atoms with Gasteiger partial charge in [0.25, 0.3) is 0 Å². The lowest BCUT2D eigenvalue weighted by Gasteiger charge is -2.10. The molecule has 0 aliphatic rings. The van der Waals surface area contributed by atoms with E-state index in [1.807, 2.05) is 0 Å². The summed E-state index contributed by atoms with van der Waals surface area (Å²) in [4.78, 5) is 11.5. The van der Waals surface area contributed by atoms with Crippen LogP contribution < -0.4 is 11.1 Å². The van der Waals surface area contributed by atoms with E-state index < -0.39 is 0 Å². The van der Waals surface area contributed by atoms with Crippen molar-refractivity contribution < 1.29 is 10.0 Å². The molecule has 17 heavy (non-hydrogen) atoms. The van der Waals surface area contributed by atoms with Crippen molar-refractivity contribution in [1.29, 1.82) is 0 Å². The van der Waals surface area contributed by atoms with Gasteiger partial charge in [0.1, 0.15) is 0 Å². The summed E-state index contributed by atoms with van der Waals surface area (Å²) in [5.74, 6) is -0.285. The van der Waals surface area contributed by atoms with Gasteiger partial charge in [-0.3, -0.25) is 4.79 Å². The summed E-state index contributed by atoms with van der Waals surface area (Å²) in [6.07, 6.45) is 0. The van der Waals surface area contributed by atoms with Crippen molar-refractivity contribution in [2.75, 3.05) is 5.32 Å². The predicted octanol–water partition coefficient (Wildman–Crippen LogP) is 2.03. The van der Waals surface area contributed by atoms with Gasteiger partial charge in [0, 0.05) is 11.5 Å². The number of halogens is 1. The smallest absolute Gasteiger partial charge is 0.226 e. The van der Waals surface area contributed by atoms with Crippen LogP contribution >= 0.6 is 11.6 Å². The Kier molecular flexibility index (Phi) is 4.34. The van der Waals surface area contributed by atoms with Crippen LogP contribution in [-0.4, -0.2) is 17.0 Å². The molecule has 0 spiro atoms. The molecule has 0 radical (unpaired) electrons. The zero-order chi connectivity index (χ0) is 13.0. The molecule has 1 rings (SSSR count). The summed E-state index contributed by atoms with van der Waals surface area (Å²) < 4.78 is 0. The Morgan fingerprint density at radius 1 is 1.53 bits per heavy atom. The molecule has 6 heteroatoms. The normalized spacial score (nSPS) is 11.6. The highest BCUT2D eigenvalue weighted by Gasteiger charge is 2.10. The van der Waals surface area contributed by atoms with Gasteiger partial charge in [-0.25, -0.2) is 0 Å². The van der Waals surface area contributed by atoms with Crippen molar-refractivity contribution in [1.82, 2.24) is 0 Å². The zero-order valence-electron chi connectivity index (χ0n) is 9.57. The van der Waals surface area contributed by atoms with E-state index in [4.69, 9.17) is 22.5 Å². The number of hydrogen-bond donors (Lipinski definition) is 3. The predicted molar refractivity (Wildman–Crippen MR) is 67.4 cm³/mol. The van der Waals surface area contributed by atoms with Crippen LogP contribution in [0.1, 0.15) is 19.4 Å². The highest BCUT2D eigenvalue weighted by Crippen LogP contribution is 2.23. The summed E-state index contributed by atoms with van der Waals surface area (Å²) >= 11 is 5.97. The van der Waals surface area contributed by atoms with Crippen LogP contribution in [-0.2, 0) is 4.79 Å². The Hall–Kier alpha value is -1.75. The highest BCUT2D eigenvalue weighted by atomic mass is 35.5. The molecule has 0 aliphatic heterocycles. The van der Waals surface area contributed by atoms with E-state index in [1.165, 1.54) is 6.07 Å². The van der Waals surface area contributed by atoms with Gasteiger partial charge in [-0.2, -0.15) is 0 Å². The Balaban J connectivity index is 2.95. The van der Waals surface area contributed by atoms with Gasteiger partial charge >= 0.3 is 0 Å². The number of nitrogens with one attached hydrogen (secondary N) is 1. The number of nitrogens with two attached hydrogens (primary N) is 1. The fourth-order valence-electron chi connectivity index (χ4n) is 1.11. The summed E-state index contributed by atoms with van der Waals surface area (Å²) in [6.45, 7) is 3.57. The largest absolute Gasteiger partial charge is 0.409 e. The number of carbonyl (C=O) groups excluding carboxylic acids is 1. The maximum atomic E-state index is 11.5. The Morgan fingerprint density at radius 2 is 2.18 bits per heavy atom. The van der Waals surface area contributed by atoms with Crippen LogP contribution in [0.5, 0.6) is 0 Å². The molecule has 0 aromatic heterocycles. The average Bonchev–Trinajstić information content (AvgIpc) is 2.30. The number of anilines is 1. The maximum Gasteiger partial charge on any atom is 0.226 e. The molecule has 0 bridgehead atoms. The summed E-state index contributed by atoms with van der Waals surface area (Å²) in [7, 11) is 0. The van der Waals surface area contributed by atoms with Crippen molar-refractivity contribution in [2.45, 2.75) is 13.8 Å². The molecule has 1 aromatic rings. The zero-order valence-corrected chi connectivity index (χ0v) is 10.3. The van der Waals surface area contributed by atoms with E-state index >= 15 is 0 Å². The van der Waals surface area contributed by atoms with E-state index in [0.717, 1.165) is 0 Å². The van der Waals surface area contributed by atoms with E-state index in [-0.39, 0.29) is 17.7 Å². The van der Waals surface area contributed by atoms with Crippen LogP contribution in [0.4, 0.5) is 5.69 Å². The van der Waals surface area contributed by atoms with Crippen LogP contribution in [0, 0.1) is 5.92 Å². The third-order valence-electron chi connectivity index (χ3n) is 2.15. The molecule has 92 valence electrons. The highest BCUT2D eigenvalue weighted by molar-refractivity contribution is 6.34. The van der Waals surface area contributed by atoms with Gasteiger partial charge in [-0.1, -0.05) is 30.6 Å². The lowest BCUT2D eigenvalue weighted by molar-refractivity contribution is -0.118.